The fraction of sp³-hybridized carbons (Fsp3) is 0.688. The Morgan fingerprint density at radius 1 is 0.500 bits per heavy atom. The Balaban J connectivity index is 1.27. The van der Waals surface area contributed by atoms with Gasteiger partial charge in [-0.05, 0) is 133 Å². The van der Waals surface area contributed by atoms with Crippen molar-refractivity contribution >= 4 is 10.8 Å². The predicted molar refractivity (Wildman–Crippen MR) is 133 cm³/mol. The van der Waals surface area contributed by atoms with Crippen molar-refractivity contribution in [3.8, 4) is 0 Å². The maximum Gasteiger partial charge on any atom is 0.0779 e. The highest BCUT2D eigenvalue weighted by atomic mass is 16.3. The minimum absolute atomic E-state index is 0.0612. The zero-order valence-corrected chi connectivity index (χ0v) is 20.2. The van der Waals surface area contributed by atoms with Crippen LogP contribution in [0.15, 0.2) is 36.4 Å². The molecule has 2 aromatic carbocycles. The number of hydrogen-bond donors (Lipinski definition) is 2. The Bertz CT molecular complexity index is 1050. The maximum atomic E-state index is 13.0. The van der Waals surface area contributed by atoms with E-state index in [0.29, 0.717) is 23.7 Å². The Morgan fingerprint density at radius 3 is 1.21 bits per heavy atom. The van der Waals surface area contributed by atoms with Crippen molar-refractivity contribution in [1.29, 1.82) is 0 Å². The summed E-state index contributed by atoms with van der Waals surface area (Å²) in [5, 5.41) is 28.8. The summed E-state index contributed by atoms with van der Waals surface area (Å²) in [5.41, 5.74) is 1.43. The van der Waals surface area contributed by atoms with Gasteiger partial charge in [-0.25, -0.2) is 0 Å². The van der Waals surface area contributed by atoms with Crippen molar-refractivity contribution < 1.29 is 10.2 Å². The molecule has 0 saturated heterocycles. The van der Waals surface area contributed by atoms with Crippen molar-refractivity contribution in [2.75, 3.05) is 0 Å². The van der Waals surface area contributed by atoms with E-state index in [1.54, 1.807) is 0 Å². The molecule has 178 valence electrons. The van der Waals surface area contributed by atoms with Gasteiger partial charge >= 0.3 is 0 Å². The highest BCUT2D eigenvalue weighted by Crippen LogP contribution is 2.71. The standard InChI is InChI=1S/C32H38O2/c33-31(22-9-17-7-18(11-22)12-23(31)10-17)29-26-5-1-3-21-4-2-6-27(28(21)26)30(29)32(34)24-13-19-8-20(15-24)16-25(32)14-19/h1-6,17-20,22-25,29-30,33-34H,7-16H2/t17?,18?,19?,20?,22?,23?,24?,25?,29-,30-,31?,32?/m1/s1. The molecule has 2 N–H and O–H groups in total. The fourth-order valence-electron chi connectivity index (χ4n) is 12.2. The monoisotopic (exact) mass is 454 g/mol. The van der Waals surface area contributed by atoms with Gasteiger partial charge in [0.15, 0.2) is 0 Å². The summed E-state index contributed by atoms with van der Waals surface area (Å²) in [4.78, 5) is 0. The molecule has 0 heterocycles. The molecule has 0 amide bonds. The van der Waals surface area contributed by atoms with E-state index in [4.69, 9.17) is 0 Å². The van der Waals surface area contributed by atoms with E-state index < -0.39 is 11.2 Å². The highest BCUT2D eigenvalue weighted by molar-refractivity contribution is 5.93. The van der Waals surface area contributed by atoms with Gasteiger partial charge in [0.1, 0.15) is 0 Å². The summed E-state index contributed by atoms with van der Waals surface area (Å²) in [6.07, 6.45) is 12.5. The number of benzene rings is 2. The van der Waals surface area contributed by atoms with Crippen LogP contribution in [-0.2, 0) is 0 Å². The quantitative estimate of drug-likeness (QED) is 0.552. The third-order valence-electron chi connectivity index (χ3n) is 12.9. The van der Waals surface area contributed by atoms with Crippen LogP contribution in [-0.4, -0.2) is 21.4 Å². The van der Waals surface area contributed by atoms with Crippen molar-refractivity contribution in [2.45, 2.75) is 87.2 Å². The molecule has 2 aromatic rings. The Labute approximate surface area is 203 Å². The number of rotatable bonds is 2. The molecular weight excluding hydrogens is 416 g/mol. The van der Waals surface area contributed by atoms with Gasteiger partial charge < -0.3 is 10.2 Å². The molecule has 0 aromatic heterocycles. The summed E-state index contributed by atoms with van der Waals surface area (Å²) in [7, 11) is 0. The van der Waals surface area contributed by atoms with E-state index >= 15 is 0 Å². The molecule has 0 aliphatic heterocycles. The van der Waals surface area contributed by atoms with Crippen LogP contribution in [0, 0.1) is 47.3 Å². The molecule has 9 aliphatic rings. The van der Waals surface area contributed by atoms with Gasteiger partial charge in [-0.1, -0.05) is 36.4 Å². The highest BCUT2D eigenvalue weighted by Gasteiger charge is 2.68. The second-order valence-corrected chi connectivity index (χ2v) is 14.1. The second kappa shape index (κ2) is 6.30. The molecule has 11 rings (SSSR count). The van der Waals surface area contributed by atoms with Crippen LogP contribution in [0.1, 0.15) is 87.2 Å². The van der Waals surface area contributed by atoms with Gasteiger partial charge in [-0.2, -0.15) is 0 Å². The van der Waals surface area contributed by atoms with E-state index in [1.165, 1.54) is 86.1 Å². The molecule has 0 unspecified atom stereocenters. The van der Waals surface area contributed by atoms with Crippen LogP contribution in [0.25, 0.3) is 10.8 Å². The lowest BCUT2D eigenvalue weighted by Crippen LogP contribution is -2.66. The minimum atomic E-state index is -0.657. The average Bonchev–Trinajstić information content (AvgIpc) is 3.17. The Morgan fingerprint density at radius 2 is 0.853 bits per heavy atom. The lowest BCUT2D eigenvalue weighted by Gasteiger charge is -2.65. The summed E-state index contributed by atoms with van der Waals surface area (Å²) >= 11 is 0. The topological polar surface area (TPSA) is 40.5 Å². The van der Waals surface area contributed by atoms with Crippen molar-refractivity contribution in [3.05, 3.63) is 47.5 Å². The maximum absolute atomic E-state index is 13.0. The Kier molecular flexibility index (Phi) is 3.66. The van der Waals surface area contributed by atoms with E-state index in [0.717, 1.165) is 23.7 Å². The molecule has 8 bridgehead atoms. The second-order valence-electron chi connectivity index (χ2n) is 14.1. The van der Waals surface area contributed by atoms with Crippen molar-refractivity contribution in [2.24, 2.45) is 47.3 Å². The first-order valence-electron chi connectivity index (χ1n) is 14.5. The van der Waals surface area contributed by atoms with Gasteiger partial charge in [0.05, 0.1) is 11.2 Å². The number of hydrogen-bond acceptors (Lipinski definition) is 2. The molecular formula is C32H38O2. The molecule has 2 heteroatoms. The summed E-state index contributed by atoms with van der Waals surface area (Å²) in [5.74, 6) is 5.15. The van der Waals surface area contributed by atoms with E-state index in [2.05, 4.69) is 36.4 Å². The van der Waals surface area contributed by atoms with Crippen LogP contribution in [0.5, 0.6) is 0 Å². The summed E-state index contributed by atoms with van der Waals surface area (Å²) in [6.45, 7) is 0. The first-order chi connectivity index (χ1) is 16.5. The molecule has 2 atom stereocenters. The van der Waals surface area contributed by atoms with Gasteiger partial charge in [-0.3, -0.25) is 0 Å². The first-order valence-corrected chi connectivity index (χ1v) is 14.5. The van der Waals surface area contributed by atoms with E-state index in [9.17, 15) is 10.2 Å². The molecule has 8 fully saturated rings. The van der Waals surface area contributed by atoms with Gasteiger partial charge in [-0.15, -0.1) is 0 Å². The largest absolute Gasteiger partial charge is 0.389 e. The number of aliphatic hydroxyl groups is 2. The first kappa shape index (κ1) is 19.8. The predicted octanol–water partition coefficient (Wildman–Crippen LogP) is 6.40. The van der Waals surface area contributed by atoms with Crippen LogP contribution >= 0.6 is 0 Å². The van der Waals surface area contributed by atoms with Crippen LogP contribution in [0.2, 0.25) is 0 Å². The fourth-order valence-corrected chi connectivity index (χ4v) is 12.2. The van der Waals surface area contributed by atoms with Gasteiger partial charge in [0, 0.05) is 11.8 Å². The lowest BCUT2D eigenvalue weighted by atomic mass is 9.42. The molecule has 8 saturated carbocycles. The van der Waals surface area contributed by atoms with Crippen molar-refractivity contribution in [3.63, 3.8) is 0 Å². The molecule has 2 nitrogen and oxygen atoms in total. The lowest BCUT2D eigenvalue weighted by molar-refractivity contribution is -0.226. The average molecular weight is 455 g/mol. The van der Waals surface area contributed by atoms with Crippen molar-refractivity contribution in [1.82, 2.24) is 0 Å². The molecule has 9 aliphatic carbocycles. The zero-order valence-electron chi connectivity index (χ0n) is 20.2. The molecule has 0 spiro atoms. The summed E-state index contributed by atoms with van der Waals surface area (Å²) < 4.78 is 0. The molecule has 0 radical (unpaired) electrons. The van der Waals surface area contributed by atoms with Gasteiger partial charge in [0.25, 0.3) is 0 Å². The van der Waals surface area contributed by atoms with Gasteiger partial charge in [0.2, 0.25) is 0 Å². The SMILES string of the molecule is OC1([C@@H]2c3cccc4cccc(c34)[C@H]2C2(O)C3CC4CC(C3)CC2C4)C2CC3CC(C2)CC1C3. The van der Waals surface area contributed by atoms with Crippen LogP contribution in [0.3, 0.4) is 0 Å². The minimum Gasteiger partial charge on any atom is -0.389 e. The smallest absolute Gasteiger partial charge is 0.0779 e. The summed E-state index contributed by atoms with van der Waals surface area (Å²) in [6, 6.07) is 13.6. The van der Waals surface area contributed by atoms with E-state index in [1.807, 2.05) is 0 Å². The Hall–Kier alpha value is -1.38. The van der Waals surface area contributed by atoms with Crippen LogP contribution in [0.4, 0.5) is 0 Å². The third-order valence-corrected chi connectivity index (χ3v) is 12.9. The third kappa shape index (κ3) is 2.20. The van der Waals surface area contributed by atoms with Crippen LogP contribution < -0.4 is 0 Å². The molecule has 34 heavy (non-hydrogen) atoms. The van der Waals surface area contributed by atoms with E-state index in [-0.39, 0.29) is 11.8 Å². The zero-order chi connectivity index (χ0) is 22.4. The normalized spacial score (nSPS) is 53.8.